The van der Waals surface area contributed by atoms with Crippen LogP contribution in [0, 0.1) is 11.7 Å². The van der Waals surface area contributed by atoms with Gasteiger partial charge in [-0.15, -0.1) is 0 Å². The molecule has 5 atom stereocenters. The Bertz CT molecular complexity index is 1410. The van der Waals surface area contributed by atoms with E-state index in [-0.39, 0.29) is 32.5 Å². The molecular weight excluding hydrogens is 579 g/mol. The number of carbonyl (C=O) groups excluding carboxylic acids is 2. The van der Waals surface area contributed by atoms with Crippen LogP contribution in [0.5, 0.6) is 5.75 Å². The average molecular weight is 623 g/mol. The van der Waals surface area contributed by atoms with E-state index in [1.165, 1.54) is 6.07 Å². The Morgan fingerprint density at radius 2 is 1.67 bits per heavy atom. The third kappa shape index (κ3) is 9.75. The van der Waals surface area contributed by atoms with E-state index in [1.807, 2.05) is 30.3 Å². The lowest BCUT2D eigenvalue weighted by atomic mass is 9.88. The number of hydrogen-bond donors (Lipinski definition) is 5. The van der Waals surface area contributed by atoms with Crippen LogP contribution >= 0.6 is 0 Å². The van der Waals surface area contributed by atoms with Gasteiger partial charge in [0.2, 0.25) is 5.91 Å². The van der Waals surface area contributed by atoms with Crippen LogP contribution in [-0.4, -0.2) is 64.4 Å². The first-order valence-electron chi connectivity index (χ1n) is 15.2. The first kappa shape index (κ1) is 33.9. The quantitative estimate of drug-likeness (QED) is 0.194. The molecule has 0 saturated carbocycles. The molecule has 10 heteroatoms. The highest BCUT2D eigenvalue weighted by Gasteiger charge is 2.36. The average Bonchev–Trinajstić information content (AvgIpc) is 3.31. The molecule has 0 fully saturated rings. The fraction of sp³-hybridized carbons (Fsp3) is 0.429. The topological polar surface area (TPSA) is 137 Å². The molecule has 3 aromatic carbocycles. The second-order valence-electron chi connectivity index (χ2n) is 12.4. The van der Waals surface area contributed by atoms with Gasteiger partial charge in [-0.2, -0.15) is 0 Å². The van der Waals surface area contributed by atoms with Gasteiger partial charge < -0.3 is 35.4 Å². The first-order valence-corrected chi connectivity index (χ1v) is 15.2. The van der Waals surface area contributed by atoms with Crippen molar-refractivity contribution in [2.45, 2.75) is 76.3 Å². The molecule has 9 nitrogen and oxygen atoms in total. The second-order valence-corrected chi connectivity index (χ2v) is 12.4. The summed E-state index contributed by atoms with van der Waals surface area (Å²) in [5.41, 5.74) is 1.81. The Balaban J connectivity index is 1.57. The fourth-order valence-electron chi connectivity index (χ4n) is 5.58. The van der Waals surface area contributed by atoms with Gasteiger partial charge in [0.15, 0.2) is 0 Å². The summed E-state index contributed by atoms with van der Waals surface area (Å²) in [6.45, 7) is 5.27. The Labute approximate surface area is 263 Å². The summed E-state index contributed by atoms with van der Waals surface area (Å²) in [5, 5.41) is 37.1. The molecule has 5 unspecified atom stereocenters. The number of aliphatic hydroxyl groups excluding tert-OH is 3. The summed E-state index contributed by atoms with van der Waals surface area (Å²) in [4.78, 5) is 26.7. The van der Waals surface area contributed by atoms with E-state index < -0.39 is 53.6 Å². The van der Waals surface area contributed by atoms with Crippen LogP contribution in [0.25, 0.3) is 0 Å². The lowest BCUT2D eigenvalue weighted by Crippen LogP contribution is -2.48. The summed E-state index contributed by atoms with van der Waals surface area (Å²) >= 11 is 0. The van der Waals surface area contributed by atoms with Crippen molar-refractivity contribution in [2.24, 2.45) is 5.92 Å². The number of hydrogen-bond acceptors (Lipinski definition) is 7. The molecule has 2 amide bonds. The highest BCUT2D eigenvalue weighted by Crippen LogP contribution is 2.34. The van der Waals surface area contributed by atoms with Gasteiger partial charge in [-0.25, -0.2) is 9.18 Å². The largest absolute Gasteiger partial charge is 0.491 e. The third-order valence-corrected chi connectivity index (χ3v) is 7.71. The fourth-order valence-corrected chi connectivity index (χ4v) is 5.58. The van der Waals surface area contributed by atoms with E-state index in [4.69, 9.17) is 14.6 Å². The molecule has 0 bridgehead atoms. The highest BCUT2D eigenvalue weighted by atomic mass is 19.1. The number of nitrogens with one attached hydrogen (secondary N) is 2. The van der Waals surface area contributed by atoms with Crippen molar-refractivity contribution in [1.82, 2.24) is 10.6 Å². The molecule has 242 valence electrons. The Kier molecular flexibility index (Phi) is 11.6. The van der Waals surface area contributed by atoms with Gasteiger partial charge in [0.25, 0.3) is 0 Å². The van der Waals surface area contributed by atoms with E-state index in [0.717, 1.165) is 11.1 Å². The zero-order chi connectivity index (χ0) is 32.6. The molecule has 1 aliphatic carbocycles. The molecule has 0 aliphatic heterocycles. The summed E-state index contributed by atoms with van der Waals surface area (Å²) in [6.07, 6.45) is -2.27. The number of alkyl carbamates (subject to hydrolysis) is 1. The highest BCUT2D eigenvalue weighted by molar-refractivity contribution is 5.80. The molecule has 3 aromatic rings. The van der Waals surface area contributed by atoms with Crippen LogP contribution in [0.3, 0.4) is 0 Å². The van der Waals surface area contributed by atoms with E-state index in [0.29, 0.717) is 23.3 Å². The van der Waals surface area contributed by atoms with Gasteiger partial charge in [-0.3, -0.25) is 4.79 Å². The lowest BCUT2D eigenvalue weighted by Gasteiger charge is -2.29. The van der Waals surface area contributed by atoms with Crippen molar-refractivity contribution in [1.29, 1.82) is 0 Å². The normalized spacial score (nSPS) is 17.9. The smallest absolute Gasteiger partial charge is 0.407 e. The minimum Gasteiger partial charge on any atom is -0.491 e. The summed E-state index contributed by atoms with van der Waals surface area (Å²) in [6, 6.07) is 19.4. The Hall–Kier alpha value is -3.99. The van der Waals surface area contributed by atoms with Crippen LogP contribution in [0.15, 0.2) is 72.8 Å². The maximum absolute atomic E-state index is 14.5. The minimum absolute atomic E-state index is 0.0271. The number of benzene rings is 3. The molecule has 0 heterocycles. The molecule has 1 aliphatic rings. The number of fused-ring (bicyclic) bond motifs is 1. The third-order valence-electron chi connectivity index (χ3n) is 7.71. The molecule has 0 aromatic heterocycles. The number of rotatable bonds is 13. The van der Waals surface area contributed by atoms with Crippen LogP contribution in [-0.2, 0) is 28.8 Å². The zero-order valence-corrected chi connectivity index (χ0v) is 25.9. The summed E-state index contributed by atoms with van der Waals surface area (Å²) < 4.78 is 25.4. The molecule has 0 spiro atoms. The van der Waals surface area contributed by atoms with Gasteiger partial charge in [0.1, 0.15) is 23.8 Å². The minimum atomic E-state index is -1.15. The molecule has 4 rings (SSSR count). The first-order chi connectivity index (χ1) is 21.4. The lowest BCUT2D eigenvalue weighted by molar-refractivity contribution is -0.127. The summed E-state index contributed by atoms with van der Waals surface area (Å²) in [5.74, 6) is -1.08. The molecule has 0 saturated heterocycles. The SMILES string of the molecule is CC(C)(C)OC(=O)NC(Cc1ccccc1)C(O)CC(Cc1ccc(OCCO)cc1)C(=O)NC1c2cccc(F)c2CC1O. The number of carbonyl (C=O) groups is 2. The molecule has 0 radical (unpaired) electrons. The van der Waals surface area contributed by atoms with Crippen LogP contribution in [0.1, 0.15) is 55.5 Å². The van der Waals surface area contributed by atoms with Crippen molar-refractivity contribution < 1.29 is 38.8 Å². The molecule has 45 heavy (non-hydrogen) atoms. The van der Waals surface area contributed by atoms with Gasteiger partial charge in [0, 0.05) is 12.3 Å². The number of halogens is 1. The van der Waals surface area contributed by atoms with Crippen LogP contribution in [0.4, 0.5) is 9.18 Å². The Morgan fingerprint density at radius 3 is 2.33 bits per heavy atom. The maximum atomic E-state index is 14.5. The monoisotopic (exact) mass is 622 g/mol. The van der Waals surface area contributed by atoms with Crippen molar-refractivity contribution in [3.05, 3.63) is 101 Å². The van der Waals surface area contributed by atoms with Gasteiger partial charge in [-0.1, -0.05) is 54.6 Å². The molecular formula is C35H43FN2O7. The predicted octanol–water partition coefficient (Wildman–Crippen LogP) is 4.02. The standard InChI is InChI=1S/C35H43FN2O7/c1-35(2,3)45-34(43)37-29(19-22-8-5-4-6-9-22)30(40)20-24(18-23-12-14-25(15-13-23)44-17-16-39)33(42)38-32-26-10-7-11-28(36)27(26)21-31(32)41/h4-15,24,29-32,39-41H,16-21H2,1-3H3,(H,37,43)(H,38,42). The maximum Gasteiger partial charge on any atom is 0.407 e. The van der Waals surface area contributed by atoms with Crippen molar-refractivity contribution in [2.75, 3.05) is 13.2 Å². The summed E-state index contributed by atoms with van der Waals surface area (Å²) in [7, 11) is 0. The van der Waals surface area contributed by atoms with Gasteiger partial charge in [-0.05, 0) is 80.5 Å². The van der Waals surface area contributed by atoms with Crippen LogP contribution in [0.2, 0.25) is 0 Å². The Morgan fingerprint density at radius 1 is 0.978 bits per heavy atom. The van der Waals surface area contributed by atoms with Gasteiger partial charge in [0.05, 0.1) is 30.9 Å². The van der Waals surface area contributed by atoms with E-state index in [9.17, 15) is 24.2 Å². The second kappa shape index (κ2) is 15.3. The number of amides is 2. The van der Waals surface area contributed by atoms with Crippen molar-refractivity contribution in [3.63, 3.8) is 0 Å². The number of ether oxygens (including phenoxy) is 2. The van der Waals surface area contributed by atoms with Crippen LogP contribution < -0.4 is 15.4 Å². The van der Waals surface area contributed by atoms with Crippen molar-refractivity contribution >= 4 is 12.0 Å². The van der Waals surface area contributed by atoms with Gasteiger partial charge >= 0.3 is 6.09 Å². The van der Waals surface area contributed by atoms with E-state index in [1.54, 1.807) is 57.2 Å². The predicted molar refractivity (Wildman–Crippen MR) is 167 cm³/mol. The van der Waals surface area contributed by atoms with Crippen molar-refractivity contribution in [3.8, 4) is 5.75 Å². The molecule has 5 N–H and O–H groups in total. The number of aliphatic hydroxyl groups is 3. The van der Waals surface area contributed by atoms with E-state index in [2.05, 4.69) is 10.6 Å². The zero-order valence-electron chi connectivity index (χ0n) is 25.9. The van der Waals surface area contributed by atoms with E-state index >= 15 is 0 Å².